The molecule has 2 saturated carbocycles. The van der Waals surface area contributed by atoms with Crippen molar-refractivity contribution in [2.24, 2.45) is 5.92 Å². The van der Waals surface area contributed by atoms with Crippen molar-refractivity contribution in [3.8, 4) is 11.4 Å². The Morgan fingerprint density at radius 1 is 1.03 bits per heavy atom. The number of rotatable bonds is 6. The molecule has 6 rings (SSSR count). The summed E-state index contributed by atoms with van der Waals surface area (Å²) in [4.78, 5) is 33.5. The molecular weight excluding hydrogens is 452 g/mol. The maximum atomic E-state index is 12.7. The van der Waals surface area contributed by atoms with Gasteiger partial charge in [0, 0.05) is 41.5 Å². The summed E-state index contributed by atoms with van der Waals surface area (Å²) in [6.07, 6.45) is 12.7. The molecule has 0 bridgehead atoms. The van der Waals surface area contributed by atoms with Gasteiger partial charge in [0.1, 0.15) is 5.82 Å². The van der Waals surface area contributed by atoms with E-state index in [0.717, 1.165) is 41.6 Å². The van der Waals surface area contributed by atoms with Gasteiger partial charge < -0.3 is 20.4 Å². The van der Waals surface area contributed by atoms with Gasteiger partial charge in [-0.05, 0) is 55.7 Å². The van der Waals surface area contributed by atoms with Crippen molar-refractivity contribution in [3.63, 3.8) is 0 Å². The number of benzene rings is 2. The molecule has 7 nitrogen and oxygen atoms in total. The van der Waals surface area contributed by atoms with Crippen molar-refractivity contribution in [2.45, 2.75) is 50.2 Å². The van der Waals surface area contributed by atoms with Crippen LogP contribution in [-0.2, 0) is 4.74 Å². The molecule has 2 fully saturated rings. The van der Waals surface area contributed by atoms with Crippen molar-refractivity contribution >= 4 is 22.8 Å². The first kappa shape index (κ1) is 22.7. The van der Waals surface area contributed by atoms with E-state index in [4.69, 9.17) is 4.74 Å². The summed E-state index contributed by atoms with van der Waals surface area (Å²) >= 11 is 0. The van der Waals surface area contributed by atoms with Gasteiger partial charge in [-0.25, -0.2) is 4.98 Å². The fourth-order valence-electron chi connectivity index (χ4n) is 5.35. The molecule has 1 heterocycles. The standard InChI is InChI=1S/C29H30N4O3/c1-36-29-14-13-23(16-21(29)17-29)31-27(34)19-9-7-18(8-10-19)26-32-24-12-11-20(15-25(24)33-26)28(35)30-22-5-3-2-4-6-22/h7-16,21-22H,2-6,17H2,1H3,(H,30,35)(H,31,34)(H,32,33). The lowest BCUT2D eigenvalue weighted by molar-refractivity contribution is 0.0926. The number of allylic oxidation sites excluding steroid dienone is 1. The Bertz CT molecular complexity index is 1380. The Labute approximate surface area is 210 Å². The molecule has 2 aromatic carbocycles. The third-order valence-corrected chi connectivity index (χ3v) is 7.68. The highest BCUT2D eigenvalue weighted by Gasteiger charge is 2.53. The third kappa shape index (κ3) is 4.35. The van der Waals surface area contributed by atoms with E-state index in [2.05, 4.69) is 26.7 Å². The fraction of sp³-hybridized carbons (Fsp3) is 0.345. The molecule has 0 saturated heterocycles. The second kappa shape index (κ2) is 9.06. The van der Waals surface area contributed by atoms with Crippen LogP contribution >= 0.6 is 0 Å². The lowest BCUT2D eigenvalue weighted by Crippen LogP contribution is -2.36. The first-order chi connectivity index (χ1) is 17.5. The highest BCUT2D eigenvalue weighted by Crippen LogP contribution is 2.51. The van der Waals surface area contributed by atoms with E-state index in [0.29, 0.717) is 22.9 Å². The summed E-state index contributed by atoms with van der Waals surface area (Å²) in [6.45, 7) is 0. The minimum absolute atomic E-state index is 0.0344. The lowest BCUT2D eigenvalue weighted by Gasteiger charge is -2.22. The van der Waals surface area contributed by atoms with Crippen LogP contribution in [0.2, 0.25) is 0 Å². The lowest BCUT2D eigenvalue weighted by atomic mass is 9.95. The zero-order valence-corrected chi connectivity index (χ0v) is 20.3. The van der Waals surface area contributed by atoms with Crippen LogP contribution in [0.4, 0.5) is 0 Å². The summed E-state index contributed by atoms with van der Waals surface area (Å²) in [7, 11) is 1.72. The number of nitrogens with one attached hydrogen (secondary N) is 3. The van der Waals surface area contributed by atoms with Gasteiger partial charge in [0.05, 0.1) is 16.6 Å². The Morgan fingerprint density at radius 2 is 1.81 bits per heavy atom. The molecule has 7 heteroatoms. The van der Waals surface area contributed by atoms with Crippen molar-refractivity contribution in [1.82, 2.24) is 20.6 Å². The molecule has 184 valence electrons. The number of carbonyl (C=O) groups is 2. The molecule has 0 aliphatic heterocycles. The number of methoxy groups -OCH3 is 1. The number of hydrogen-bond acceptors (Lipinski definition) is 4. The van der Waals surface area contributed by atoms with E-state index in [1.54, 1.807) is 19.2 Å². The maximum absolute atomic E-state index is 12.7. The van der Waals surface area contributed by atoms with E-state index < -0.39 is 0 Å². The molecule has 2 unspecified atom stereocenters. The molecule has 3 N–H and O–H groups in total. The largest absolute Gasteiger partial charge is 0.374 e. The van der Waals surface area contributed by atoms with Crippen LogP contribution in [0.1, 0.15) is 59.2 Å². The van der Waals surface area contributed by atoms with Crippen molar-refractivity contribution < 1.29 is 14.3 Å². The van der Waals surface area contributed by atoms with Crippen LogP contribution in [0.5, 0.6) is 0 Å². The first-order valence-corrected chi connectivity index (χ1v) is 12.7. The second-order valence-corrected chi connectivity index (χ2v) is 10.1. The average molecular weight is 483 g/mol. The Kier molecular flexibility index (Phi) is 5.72. The van der Waals surface area contributed by atoms with Gasteiger partial charge >= 0.3 is 0 Å². The van der Waals surface area contributed by atoms with Crippen molar-refractivity contribution in [1.29, 1.82) is 0 Å². The molecule has 36 heavy (non-hydrogen) atoms. The highest BCUT2D eigenvalue weighted by molar-refractivity contribution is 5.98. The molecule has 0 spiro atoms. The maximum Gasteiger partial charge on any atom is 0.255 e. The van der Waals surface area contributed by atoms with Crippen LogP contribution in [0.15, 0.2) is 66.4 Å². The van der Waals surface area contributed by atoms with Gasteiger partial charge in [-0.2, -0.15) is 0 Å². The number of aromatic amines is 1. The molecule has 3 aromatic rings. The first-order valence-electron chi connectivity index (χ1n) is 12.7. The molecule has 1 aromatic heterocycles. The summed E-state index contributed by atoms with van der Waals surface area (Å²) in [6, 6.07) is 13.2. The number of ether oxygens (including phenoxy) is 1. The topological polar surface area (TPSA) is 96.1 Å². The molecule has 3 aliphatic carbocycles. The van der Waals surface area contributed by atoms with Gasteiger partial charge in [0.15, 0.2) is 0 Å². The van der Waals surface area contributed by atoms with Gasteiger partial charge in [-0.1, -0.05) is 43.5 Å². The number of fused-ring (bicyclic) bond motifs is 2. The average Bonchev–Trinajstić information content (AvgIpc) is 3.48. The second-order valence-electron chi connectivity index (χ2n) is 10.1. The zero-order chi connectivity index (χ0) is 24.7. The quantitative estimate of drug-likeness (QED) is 0.467. The highest BCUT2D eigenvalue weighted by atomic mass is 16.5. The minimum Gasteiger partial charge on any atom is -0.374 e. The zero-order valence-electron chi connectivity index (χ0n) is 20.3. The van der Waals surface area contributed by atoms with Gasteiger partial charge in [0.2, 0.25) is 0 Å². The van der Waals surface area contributed by atoms with Crippen molar-refractivity contribution in [3.05, 3.63) is 77.5 Å². The van der Waals surface area contributed by atoms with Gasteiger partial charge in [-0.3, -0.25) is 9.59 Å². The van der Waals surface area contributed by atoms with E-state index >= 15 is 0 Å². The molecule has 0 radical (unpaired) electrons. The number of aromatic nitrogens is 2. The number of hydrogen-bond donors (Lipinski definition) is 3. The van der Waals surface area contributed by atoms with E-state index in [9.17, 15) is 9.59 Å². The number of amides is 2. The van der Waals surface area contributed by atoms with Crippen LogP contribution in [-0.4, -0.2) is 40.5 Å². The smallest absolute Gasteiger partial charge is 0.255 e. The summed E-state index contributed by atoms with van der Waals surface area (Å²) < 4.78 is 5.54. The predicted molar refractivity (Wildman–Crippen MR) is 138 cm³/mol. The Morgan fingerprint density at radius 3 is 2.56 bits per heavy atom. The van der Waals surface area contributed by atoms with Crippen LogP contribution in [0, 0.1) is 5.92 Å². The molecular formula is C29H30N4O3. The van der Waals surface area contributed by atoms with Crippen molar-refractivity contribution in [2.75, 3.05) is 7.11 Å². The Hall–Kier alpha value is -3.71. The Balaban J connectivity index is 1.13. The monoisotopic (exact) mass is 482 g/mol. The van der Waals surface area contributed by atoms with Crippen LogP contribution < -0.4 is 10.6 Å². The summed E-state index contributed by atoms with van der Waals surface area (Å²) in [5.74, 6) is 0.843. The minimum atomic E-state index is -0.164. The fourth-order valence-corrected chi connectivity index (χ4v) is 5.35. The SMILES string of the molecule is COC12C=CC(NC(=O)c3ccc(-c4nc5ccc(C(=O)NC6CCCCC6)cc5[nH]4)cc3)=CC1C2. The number of H-pyrrole nitrogens is 1. The van der Waals surface area contributed by atoms with Gasteiger partial charge in [0.25, 0.3) is 11.8 Å². The third-order valence-electron chi connectivity index (χ3n) is 7.68. The van der Waals surface area contributed by atoms with Gasteiger partial charge in [-0.15, -0.1) is 0 Å². The number of imidazole rings is 1. The van der Waals surface area contributed by atoms with Crippen LogP contribution in [0.25, 0.3) is 22.4 Å². The number of carbonyl (C=O) groups excluding carboxylic acids is 2. The molecule has 3 aliphatic rings. The summed E-state index contributed by atoms with van der Waals surface area (Å²) in [5.41, 5.74) is 4.33. The number of nitrogens with zero attached hydrogens (tertiary/aromatic N) is 1. The van der Waals surface area contributed by atoms with E-state index in [1.807, 2.05) is 42.5 Å². The predicted octanol–water partition coefficient (Wildman–Crippen LogP) is 4.88. The molecule has 2 atom stereocenters. The molecule has 2 amide bonds. The normalized spacial score (nSPS) is 23.1. The summed E-state index contributed by atoms with van der Waals surface area (Å²) in [5, 5.41) is 6.15. The van der Waals surface area contributed by atoms with E-state index in [-0.39, 0.29) is 23.5 Å². The van der Waals surface area contributed by atoms with Crippen LogP contribution in [0.3, 0.4) is 0 Å². The van der Waals surface area contributed by atoms with E-state index in [1.165, 1.54) is 19.3 Å².